The van der Waals surface area contributed by atoms with E-state index in [4.69, 9.17) is 0 Å². The Labute approximate surface area is 77.4 Å². The molecular weight excluding hydrogens is 164 g/mol. The maximum Gasteiger partial charge on any atom is 0.243 e. The number of fused-ring (bicyclic) bond motifs is 1. The Morgan fingerprint density at radius 3 is 3.00 bits per heavy atom. The number of carbonyl (C=O) groups is 1. The molecule has 0 unspecified atom stereocenters. The summed E-state index contributed by atoms with van der Waals surface area (Å²) in [5.74, 6) is 0.0700. The Balaban J connectivity index is 2.42. The van der Waals surface area contributed by atoms with Gasteiger partial charge in [0, 0.05) is 6.54 Å². The predicted octanol–water partition coefficient (Wildman–Crippen LogP) is 1.47. The summed E-state index contributed by atoms with van der Waals surface area (Å²) < 4.78 is 0. The van der Waals surface area contributed by atoms with Crippen LogP contribution in [0.15, 0.2) is 24.3 Å². The first-order valence-corrected chi connectivity index (χ1v) is 4.45. The molecule has 1 amide bonds. The number of nitrogens with zero attached hydrogens (tertiary/aromatic N) is 1. The maximum atomic E-state index is 11.2. The highest BCUT2D eigenvalue weighted by molar-refractivity contribution is 6.01. The van der Waals surface area contributed by atoms with Crippen LogP contribution in [0.3, 0.4) is 0 Å². The second-order valence-electron chi connectivity index (χ2n) is 3.08. The molecule has 0 fully saturated rings. The summed E-state index contributed by atoms with van der Waals surface area (Å²) in [6.07, 6.45) is 0. The Hall–Kier alpha value is -1.51. The molecule has 2 rings (SSSR count). The lowest BCUT2D eigenvalue weighted by Gasteiger charge is -2.29. The van der Waals surface area contributed by atoms with Crippen molar-refractivity contribution >= 4 is 17.3 Å². The number of benzene rings is 1. The van der Waals surface area contributed by atoms with Gasteiger partial charge in [0.2, 0.25) is 5.91 Å². The quantitative estimate of drug-likeness (QED) is 0.702. The summed E-state index contributed by atoms with van der Waals surface area (Å²) in [5, 5.41) is 2.84. The fourth-order valence-corrected chi connectivity index (χ4v) is 1.59. The van der Waals surface area contributed by atoms with Crippen molar-refractivity contribution in [3.05, 3.63) is 24.3 Å². The molecule has 0 aromatic heterocycles. The van der Waals surface area contributed by atoms with E-state index in [1.807, 2.05) is 24.3 Å². The molecule has 1 aromatic carbocycles. The Morgan fingerprint density at radius 2 is 2.23 bits per heavy atom. The molecular formula is C10H12N2O. The van der Waals surface area contributed by atoms with E-state index in [0.29, 0.717) is 6.54 Å². The minimum Gasteiger partial charge on any atom is -0.361 e. The lowest BCUT2D eigenvalue weighted by atomic mass is 10.2. The highest BCUT2D eigenvalue weighted by Gasteiger charge is 2.19. The number of rotatable bonds is 1. The summed E-state index contributed by atoms with van der Waals surface area (Å²) in [4.78, 5) is 13.3. The molecule has 0 bridgehead atoms. The van der Waals surface area contributed by atoms with Gasteiger partial charge in [-0.2, -0.15) is 0 Å². The number of para-hydroxylation sites is 2. The van der Waals surface area contributed by atoms with E-state index in [-0.39, 0.29) is 5.91 Å². The average molecular weight is 176 g/mol. The second kappa shape index (κ2) is 3.09. The fourth-order valence-electron chi connectivity index (χ4n) is 1.59. The van der Waals surface area contributed by atoms with Crippen molar-refractivity contribution in [1.29, 1.82) is 0 Å². The lowest BCUT2D eigenvalue weighted by Crippen LogP contribution is -2.37. The number of hydrogen-bond donors (Lipinski definition) is 1. The third-order valence-corrected chi connectivity index (χ3v) is 2.24. The normalized spacial score (nSPS) is 15.2. The molecule has 68 valence electrons. The number of nitrogens with one attached hydrogen (secondary N) is 1. The summed E-state index contributed by atoms with van der Waals surface area (Å²) in [7, 11) is 0. The molecule has 1 aromatic rings. The van der Waals surface area contributed by atoms with Gasteiger partial charge in [-0.05, 0) is 19.1 Å². The van der Waals surface area contributed by atoms with Gasteiger partial charge in [0.05, 0.1) is 17.9 Å². The number of anilines is 2. The van der Waals surface area contributed by atoms with E-state index in [9.17, 15) is 4.79 Å². The van der Waals surface area contributed by atoms with Crippen molar-refractivity contribution in [2.75, 3.05) is 23.3 Å². The molecule has 0 aliphatic carbocycles. The van der Waals surface area contributed by atoms with Crippen LogP contribution in [0.4, 0.5) is 11.4 Å². The molecule has 0 saturated heterocycles. The van der Waals surface area contributed by atoms with Gasteiger partial charge in [-0.25, -0.2) is 0 Å². The number of hydrogen-bond acceptors (Lipinski definition) is 2. The molecule has 1 heterocycles. The van der Waals surface area contributed by atoms with E-state index in [2.05, 4.69) is 17.1 Å². The zero-order valence-corrected chi connectivity index (χ0v) is 7.58. The molecule has 0 radical (unpaired) electrons. The highest BCUT2D eigenvalue weighted by atomic mass is 16.2. The van der Waals surface area contributed by atoms with Crippen molar-refractivity contribution in [1.82, 2.24) is 0 Å². The Bertz CT molecular complexity index is 335. The lowest BCUT2D eigenvalue weighted by molar-refractivity contribution is -0.115. The maximum absolute atomic E-state index is 11.2. The summed E-state index contributed by atoms with van der Waals surface area (Å²) in [6, 6.07) is 7.87. The van der Waals surface area contributed by atoms with Crippen LogP contribution in [-0.2, 0) is 4.79 Å². The molecule has 0 spiro atoms. The molecule has 3 heteroatoms. The Kier molecular flexibility index (Phi) is 1.93. The van der Waals surface area contributed by atoms with Gasteiger partial charge in [-0.1, -0.05) is 12.1 Å². The van der Waals surface area contributed by atoms with Gasteiger partial charge in [0.1, 0.15) is 0 Å². The topological polar surface area (TPSA) is 32.3 Å². The van der Waals surface area contributed by atoms with E-state index in [1.54, 1.807) is 0 Å². The van der Waals surface area contributed by atoms with Crippen LogP contribution in [-0.4, -0.2) is 19.0 Å². The molecule has 1 N–H and O–H groups in total. The number of amides is 1. The van der Waals surface area contributed by atoms with Crippen LogP contribution in [0, 0.1) is 0 Å². The summed E-state index contributed by atoms with van der Waals surface area (Å²) >= 11 is 0. The summed E-state index contributed by atoms with van der Waals surface area (Å²) in [6.45, 7) is 3.38. The minimum absolute atomic E-state index is 0.0700. The standard InChI is InChI=1S/C10H12N2O/c1-2-12-7-10(13)11-8-5-3-4-6-9(8)12/h3-6H,2,7H2,1H3,(H,11,13). The first kappa shape index (κ1) is 8.10. The predicted molar refractivity (Wildman–Crippen MR) is 53.0 cm³/mol. The summed E-state index contributed by atoms with van der Waals surface area (Å²) in [5.41, 5.74) is 2.03. The second-order valence-corrected chi connectivity index (χ2v) is 3.08. The van der Waals surface area contributed by atoms with E-state index >= 15 is 0 Å². The van der Waals surface area contributed by atoms with Crippen molar-refractivity contribution in [2.45, 2.75) is 6.92 Å². The molecule has 1 aliphatic heterocycles. The molecule has 0 saturated carbocycles. The fraction of sp³-hybridized carbons (Fsp3) is 0.300. The van der Waals surface area contributed by atoms with Gasteiger partial charge >= 0.3 is 0 Å². The van der Waals surface area contributed by atoms with Gasteiger partial charge in [0.25, 0.3) is 0 Å². The van der Waals surface area contributed by atoms with E-state index in [1.165, 1.54) is 0 Å². The van der Waals surface area contributed by atoms with E-state index < -0.39 is 0 Å². The van der Waals surface area contributed by atoms with Crippen LogP contribution < -0.4 is 10.2 Å². The molecule has 0 atom stereocenters. The van der Waals surface area contributed by atoms with Crippen LogP contribution in [0.25, 0.3) is 0 Å². The van der Waals surface area contributed by atoms with Crippen molar-refractivity contribution in [3.63, 3.8) is 0 Å². The van der Waals surface area contributed by atoms with Gasteiger partial charge in [0.15, 0.2) is 0 Å². The van der Waals surface area contributed by atoms with Crippen molar-refractivity contribution < 1.29 is 4.79 Å². The first-order chi connectivity index (χ1) is 6.31. The molecule has 13 heavy (non-hydrogen) atoms. The van der Waals surface area contributed by atoms with Gasteiger partial charge in [-0.3, -0.25) is 4.79 Å². The molecule has 3 nitrogen and oxygen atoms in total. The van der Waals surface area contributed by atoms with Crippen LogP contribution >= 0.6 is 0 Å². The largest absolute Gasteiger partial charge is 0.361 e. The van der Waals surface area contributed by atoms with Gasteiger partial charge in [-0.15, -0.1) is 0 Å². The first-order valence-electron chi connectivity index (χ1n) is 4.45. The van der Waals surface area contributed by atoms with Gasteiger partial charge < -0.3 is 10.2 Å². The van der Waals surface area contributed by atoms with E-state index in [0.717, 1.165) is 17.9 Å². The SMILES string of the molecule is CCN1CC(=O)Nc2ccccc21. The van der Waals surface area contributed by atoms with Crippen LogP contribution in [0.5, 0.6) is 0 Å². The van der Waals surface area contributed by atoms with Crippen molar-refractivity contribution in [2.24, 2.45) is 0 Å². The number of carbonyl (C=O) groups excluding carboxylic acids is 1. The highest BCUT2D eigenvalue weighted by Crippen LogP contribution is 2.28. The van der Waals surface area contributed by atoms with Crippen molar-refractivity contribution in [3.8, 4) is 0 Å². The van der Waals surface area contributed by atoms with Crippen LogP contribution in [0.1, 0.15) is 6.92 Å². The molecule has 1 aliphatic rings. The minimum atomic E-state index is 0.0700. The third-order valence-electron chi connectivity index (χ3n) is 2.24. The number of likely N-dealkylation sites (N-methyl/N-ethyl adjacent to an activating group) is 1. The van der Waals surface area contributed by atoms with Crippen LogP contribution in [0.2, 0.25) is 0 Å². The Morgan fingerprint density at radius 1 is 1.46 bits per heavy atom. The zero-order chi connectivity index (χ0) is 9.26. The monoisotopic (exact) mass is 176 g/mol. The smallest absolute Gasteiger partial charge is 0.243 e. The zero-order valence-electron chi connectivity index (χ0n) is 7.58. The third kappa shape index (κ3) is 1.37. The average Bonchev–Trinajstić information content (AvgIpc) is 2.16.